The second-order valence-electron chi connectivity index (χ2n) is 5.44. The van der Waals surface area contributed by atoms with Crippen LogP contribution in [0.1, 0.15) is 22.3 Å². The Morgan fingerprint density at radius 2 is 2.17 bits per heavy atom. The quantitative estimate of drug-likeness (QED) is 0.793. The van der Waals surface area contributed by atoms with Gasteiger partial charge in [0.2, 0.25) is 0 Å². The maximum atomic E-state index is 12.0. The number of hydrogen-bond donors (Lipinski definition) is 2. The molecule has 1 atom stereocenters. The molecule has 0 saturated carbocycles. The molecule has 1 heterocycles. The third-order valence-corrected chi connectivity index (χ3v) is 3.86. The molecule has 0 aliphatic carbocycles. The Morgan fingerprint density at radius 1 is 1.39 bits per heavy atom. The van der Waals surface area contributed by atoms with E-state index in [1.807, 2.05) is 6.07 Å². The summed E-state index contributed by atoms with van der Waals surface area (Å²) in [6.45, 7) is 1.12. The second kappa shape index (κ2) is 7.62. The lowest BCUT2D eigenvalue weighted by Crippen LogP contribution is -2.39. The Bertz CT molecular complexity index is 602. The van der Waals surface area contributed by atoms with Crippen LogP contribution in [0.4, 0.5) is 4.79 Å². The summed E-state index contributed by atoms with van der Waals surface area (Å²) in [5.41, 5.74) is 1.39. The Hall–Kier alpha value is -2.57. The van der Waals surface area contributed by atoms with Gasteiger partial charge in [-0.2, -0.15) is 0 Å². The van der Waals surface area contributed by atoms with Crippen molar-refractivity contribution in [3.8, 4) is 0 Å². The van der Waals surface area contributed by atoms with Gasteiger partial charge in [-0.1, -0.05) is 12.1 Å². The molecule has 1 unspecified atom stereocenters. The smallest absolute Gasteiger partial charge is 0.337 e. The number of hydrogen-bond acceptors (Lipinski definition) is 4. The highest BCUT2D eigenvalue weighted by Gasteiger charge is 2.30. The van der Waals surface area contributed by atoms with Gasteiger partial charge in [-0.25, -0.2) is 9.59 Å². The molecule has 0 radical (unpaired) electrons. The van der Waals surface area contributed by atoms with E-state index in [-0.39, 0.29) is 12.6 Å². The fourth-order valence-corrected chi connectivity index (χ4v) is 2.54. The normalized spacial score (nSPS) is 16.9. The monoisotopic (exact) mass is 320 g/mol. The van der Waals surface area contributed by atoms with Gasteiger partial charge >= 0.3 is 18.0 Å². The summed E-state index contributed by atoms with van der Waals surface area (Å²) in [5.74, 6) is -1.73. The third kappa shape index (κ3) is 4.45. The van der Waals surface area contributed by atoms with Crippen LogP contribution in [0.3, 0.4) is 0 Å². The zero-order valence-electron chi connectivity index (χ0n) is 12.9. The molecule has 2 amide bonds. The number of benzene rings is 1. The number of carboxylic acids is 1. The highest BCUT2D eigenvalue weighted by Crippen LogP contribution is 2.16. The summed E-state index contributed by atoms with van der Waals surface area (Å²) in [7, 11) is 1.33. The average Bonchev–Trinajstić information content (AvgIpc) is 3.04. The predicted molar refractivity (Wildman–Crippen MR) is 82.2 cm³/mol. The van der Waals surface area contributed by atoms with Crippen molar-refractivity contribution in [2.45, 2.75) is 12.8 Å². The summed E-state index contributed by atoms with van der Waals surface area (Å²) in [6.07, 6.45) is 1.07. The number of nitrogens with zero attached hydrogens (tertiary/aromatic N) is 1. The van der Waals surface area contributed by atoms with Crippen molar-refractivity contribution in [3.05, 3.63) is 35.4 Å². The summed E-state index contributed by atoms with van der Waals surface area (Å²) in [5, 5.41) is 11.7. The Labute approximate surface area is 134 Å². The maximum absolute atomic E-state index is 12.0. The fourth-order valence-electron chi connectivity index (χ4n) is 2.54. The standard InChI is InChI=1S/C16H20N2O5/c1-23-15(21)12-4-2-3-11(9-12)5-7-17-16(22)18-8-6-13(10-18)14(19)20/h2-4,9,13H,5-8,10H2,1H3,(H,17,22)(H,19,20). The van der Waals surface area contributed by atoms with Gasteiger partial charge in [0.1, 0.15) is 0 Å². The molecule has 124 valence electrons. The number of methoxy groups -OCH3 is 1. The van der Waals surface area contributed by atoms with Crippen molar-refractivity contribution >= 4 is 18.0 Å². The molecule has 1 saturated heterocycles. The van der Waals surface area contributed by atoms with Gasteiger partial charge in [-0.05, 0) is 30.5 Å². The number of ether oxygens (including phenoxy) is 1. The van der Waals surface area contributed by atoms with E-state index in [1.165, 1.54) is 12.0 Å². The number of amides is 2. The minimum Gasteiger partial charge on any atom is -0.481 e. The van der Waals surface area contributed by atoms with Crippen LogP contribution < -0.4 is 5.32 Å². The number of urea groups is 1. The van der Waals surface area contributed by atoms with Crippen LogP contribution in [0.25, 0.3) is 0 Å². The van der Waals surface area contributed by atoms with E-state index >= 15 is 0 Å². The van der Waals surface area contributed by atoms with Crippen molar-refractivity contribution in [3.63, 3.8) is 0 Å². The Balaban J connectivity index is 1.80. The fraction of sp³-hybridized carbons (Fsp3) is 0.438. The molecule has 2 rings (SSSR count). The number of likely N-dealkylation sites (tertiary alicyclic amines) is 1. The zero-order chi connectivity index (χ0) is 16.8. The van der Waals surface area contributed by atoms with Gasteiger partial charge in [0.05, 0.1) is 18.6 Å². The van der Waals surface area contributed by atoms with Crippen molar-refractivity contribution < 1.29 is 24.2 Å². The molecule has 0 aromatic heterocycles. The molecule has 0 bridgehead atoms. The lowest BCUT2D eigenvalue weighted by molar-refractivity contribution is -0.141. The van der Waals surface area contributed by atoms with Crippen molar-refractivity contribution in [2.75, 3.05) is 26.7 Å². The second-order valence-corrected chi connectivity index (χ2v) is 5.44. The summed E-state index contributed by atoms with van der Waals surface area (Å²) < 4.78 is 4.67. The predicted octanol–water partition coefficient (Wildman–Crippen LogP) is 1.13. The largest absolute Gasteiger partial charge is 0.481 e. The van der Waals surface area contributed by atoms with Crippen molar-refractivity contribution in [2.24, 2.45) is 5.92 Å². The number of aliphatic carboxylic acids is 1. The maximum Gasteiger partial charge on any atom is 0.337 e. The number of rotatable bonds is 5. The molecule has 1 fully saturated rings. The van der Waals surface area contributed by atoms with Crippen LogP contribution in [0.2, 0.25) is 0 Å². The van der Waals surface area contributed by atoms with Crippen LogP contribution in [0.5, 0.6) is 0 Å². The molecule has 7 nitrogen and oxygen atoms in total. The van der Waals surface area contributed by atoms with Gasteiger partial charge in [-0.3, -0.25) is 4.79 Å². The van der Waals surface area contributed by atoms with Crippen molar-refractivity contribution in [1.82, 2.24) is 10.2 Å². The van der Waals surface area contributed by atoms with Crippen LogP contribution in [-0.4, -0.2) is 54.7 Å². The first-order valence-corrected chi connectivity index (χ1v) is 7.44. The van der Waals surface area contributed by atoms with Crippen LogP contribution in [0.15, 0.2) is 24.3 Å². The zero-order valence-corrected chi connectivity index (χ0v) is 12.9. The Kier molecular flexibility index (Phi) is 5.56. The molecule has 1 aromatic rings. The molecule has 1 aromatic carbocycles. The minimum absolute atomic E-state index is 0.249. The molecule has 1 aliphatic heterocycles. The summed E-state index contributed by atoms with van der Waals surface area (Å²) in [4.78, 5) is 35.8. The average molecular weight is 320 g/mol. The summed E-state index contributed by atoms with van der Waals surface area (Å²) in [6, 6.07) is 6.78. The Morgan fingerprint density at radius 3 is 2.83 bits per heavy atom. The lowest BCUT2D eigenvalue weighted by Gasteiger charge is -2.16. The molecule has 1 aliphatic rings. The minimum atomic E-state index is -0.861. The number of esters is 1. The van der Waals surface area contributed by atoms with Crippen LogP contribution >= 0.6 is 0 Å². The SMILES string of the molecule is COC(=O)c1cccc(CCNC(=O)N2CCC(C(=O)O)C2)c1. The number of carbonyl (C=O) groups excluding carboxylic acids is 2. The topological polar surface area (TPSA) is 95.9 Å². The molecule has 7 heteroatoms. The number of carboxylic acid groups (broad SMARTS) is 1. The lowest BCUT2D eigenvalue weighted by atomic mass is 10.1. The van der Waals surface area contributed by atoms with Crippen LogP contribution in [-0.2, 0) is 16.0 Å². The van der Waals surface area contributed by atoms with E-state index in [0.29, 0.717) is 31.5 Å². The first-order valence-electron chi connectivity index (χ1n) is 7.44. The molecular weight excluding hydrogens is 300 g/mol. The van der Waals surface area contributed by atoms with Gasteiger partial charge in [0.25, 0.3) is 0 Å². The first kappa shape index (κ1) is 16.8. The molecule has 2 N–H and O–H groups in total. The van der Waals surface area contributed by atoms with E-state index in [1.54, 1.807) is 18.2 Å². The van der Waals surface area contributed by atoms with E-state index in [0.717, 1.165) is 5.56 Å². The number of nitrogens with one attached hydrogen (secondary N) is 1. The third-order valence-electron chi connectivity index (χ3n) is 3.86. The number of carbonyl (C=O) groups is 3. The van der Waals surface area contributed by atoms with E-state index in [9.17, 15) is 14.4 Å². The molecule has 0 spiro atoms. The summed E-state index contributed by atoms with van der Waals surface area (Å²) >= 11 is 0. The highest BCUT2D eigenvalue weighted by molar-refractivity contribution is 5.89. The van der Waals surface area contributed by atoms with Crippen LogP contribution in [0, 0.1) is 5.92 Å². The van der Waals surface area contributed by atoms with Crippen molar-refractivity contribution in [1.29, 1.82) is 0 Å². The van der Waals surface area contributed by atoms with Gasteiger partial charge in [0.15, 0.2) is 0 Å². The van der Waals surface area contributed by atoms with E-state index < -0.39 is 17.9 Å². The molecular formula is C16H20N2O5. The van der Waals surface area contributed by atoms with E-state index in [2.05, 4.69) is 10.1 Å². The van der Waals surface area contributed by atoms with Gasteiger partial charge < -0.3 is 20.1 Å². The molecule has 23 heavy (non-hydrogen) atoms. The van der Waals surface area contributed by atoms with Gasteiger partial charge in [0, 0.05) is 19.6 Å². The van der Waals surface area contributed by atoms with E-state index in [4.69, 9.17) is 5.11 Å². The van der Waals surface area contributed by atoms with Gasteiger partial charge in [-0.15, -0.1) is 0 Å². The first-order chi connectivity index (χ1) is 11.0. The highest BCUT2D eigenvalue weighted by atomic mass is 16.5.